The van der Waals surface area contributed by atoms with E-state index in [1.807, 2.05) is 50.2 Å². The van der Waals surface area contributed by atoms with Gasteiger partial charge in [-0.1, -0.05) is 295 Å². The maximum Gasteiger partial charge on any atom is 0.185 e. The minimum atomic E-state index is -3.68. The van der Waals surface area contributed by atoms with Crippen LogP contribution >= 0.6 is 0 Å². The van der Waals surface area contributed by atoms with Gasteiger partial charge in [-0.3, -0.25) is 0 Å². The molecule has 7 heteroatoms. The summed E-state index contributed by atoms with van der Waals surface area (Å²) in [5.74, 6) is 3.39. The number of hydrogen-bond acceptors (Lipinski definition) is 6. The molecule has 1 atom stereocenters. The highest BCUT2D eigenvalue weighted by Crippen LogP contribution is 2.44. The minimum Gasteiger partial charge on any atom is -0.489 e. The summed E-state index contributed by atoms with van der Waals surface area (Å²) in [7, 11) is -3.68. The number of benzene rings is 5. The first-order valence-electron chi connectivity index (χ1n) is 43.6. The van der Waals surface area contributed by atoms with Crippen LogP contribution in [0.5, 0.6) is 23.0 Å². The third-order valence-electron chi connectivity index (χ3n) is 21.7. The molecule has 0 heterocycles. The Morgan fingerprint density at radius 3 is 0.798 bits per heavy atom. The summed E-state index contributed by atoms with van der Waals surface area (Å²) in [6, 6.07) is 25.2. The second-order valence-corrected chi connectivity index (χ2v) is 35.1. The van der Waals surface area contributed by atoms with Crippen molar-refractivity contribution in [1.29, 1.82) is 0 Å². The third kappa shape index (κ3) is 41.3. The summed E-state index contributed by atoms with van der Waals surface area (Å²) in [5.41, 5.74) is 23.8. The molecule has 0 fully saturated rings. The number of allylic oxidation sites excluding steroid dienone is 27. The highest BCUT2D eigenvalue weighted by molar-refractivity contribution is 7.92. The molecule has 0 bridgehead atoms. The van der Waals surface area contributed by atoms with Crippen LogP contribution in [0.3, 0.4) is 0 Å². The van der Waals surface area contributed by atoms with E-state index in [-0.39, 0.29) is 14.9 Å². The van der Waals surface area contributed by atoms with E-state index in [9.17, 15) is 8.42 Å². The molecule has 5 rings (SSSR count). The van der Waals surface area contributed by atoms with Gasteiger partial charge in [-0.15, -0.1) is 0 Å². The summed E-state index contributed by atoms with van der Waals surface area (Å²) in [5, 5.41) is 3.33. The molecular formula is C112H160O6S. The van der Waals surface area contributed by atoms with Gasteiger partial charge in [-0.25, -0.2) is 8.42 Å². The van der Waals surface area contributed by atoms with Gasteiger partial charge in [0.15, 0.2) is 9.84 Å². The Kier molecular flexibility index (Phi) is 54.0. The van der Waals surface area contributed by atoms with Gasteiger partial charge in [0.1, 0.15) is 49.4 Å². The number of fused-ring (bicyclic) bond motifs is 2. The fraction of sp³-hybridized carbons (Fsp3) is 0.446. The quantitative estimate of drug-likeness (QED) is 0.0361. The molecular weight excluding hydrogens is 1470 g/mol. The third-order valence-corrected chi connectivity index (χ3v) is 24.0. The Labute approximate surface area is 728 Å². The van der Waals surface area contributed by atoms with E-state index in [1.54, 1.807) is 48.6 Å². The Balaban J connectivity index is 0.000000803. The average Bonchev–Trinajstić information content (AvgIpc) is 0.771. The monoisotopic (exact) mass is 1630 g/mol. The van der Waals surface area contributed by atoms with Gasteiger partial charge in [-0.05, 0) is 308 Å². The van der Waals surface area contributed by atoms with E-state index >= 15 is 0 Å². The largest absolute Gasteiger partial charge is 0.489 e. The number of sulfone groups is 1. The molecule has 0 aromatic heterocycles. The van der Waals surface area contributed by atoms with E-state index in [4.69, 9.17) is 18.9 Å². The van der Waals surface area contributed by atoms with E-state index in [0.29, 0.717) is 44.2 Å². The molecule has 0 amide bonds. The van der Waals surface area contributed by atoms with Crippen LogP contribution in [-0.2, 0) is 22.7 Å². The van der Waals surface area contributed by atoms with Crippen molar-refractivity contribution in [3.63, 3.8) is 0 Å². The predicted molar refractivity (Wildman–Crippen MR) is 529 cm³/mol. The van der Waals surface area contributed by atoms with Crippen LogP contribution in [0.4, 0.5) is 0 Å². The van der Waals surface area contributed by atoms with Crippen molar-refractivity contribution in [3.8, 4) is 23.0 Å². The molecule has 0 N–H and O–H groups in total. The van der Waals surface area contributed by atoms with Crippen LogP contribution in [0.2, 0.25) is 0 Å². The van der Waals surface area contributed by atoms with Gasteiger partial charge in [-0.2, -0.15) is 0 Å². The molecule has 0 saturated carbocycles. The van der Waals surface area contributed by atoms with Crippen molar-refractivity contribution >= 4 is 31.4 Å². The molecule has 0 aliphatic carbocycles. The average molecular weight is 1630 g/mol. The SMILES string of the molecule is C.C.C=CCOc1c(C)c(C/C=C(\C)C(C/C=C(\C)CC/C=C(\C)CC/C=C(\C)CC/C=C(\C)CC/C=C(\C)CCC=C(C)C)S(=O)(=O)c2ccccc2)c(OCC=C)c2ccccc12.C=CCOc1c(C)c(C/C=C(\C)CC/C=C(\C)CC/C=C(\C)CC/C=C(\C)CC/C=C(\C)CC/C=C(\C)CCC=C(C)C)c(OCC=C)c2ccccc12. The maximum atomic E-state index is 14.3. The lowest BCUT2D eigenvalue weighted by molar-refractivity contribution is 0.354. The second-order valence-electron chi connectivity index (χ2n) is 33.0. The van der Waals surface area contributed by atoms with Crippen LogP contribution in [0.1, 0.15) is 296 Å². The molecule has 0 aliphatic heterocycles. The topological polar surface area (TPSA) is 71.1 Å². The van der Waals surface area contributed by atoms with E-state index in [1.165, 1.54) is 90.9 Å². The summed E-state index contributed by atoms with van der Waals surface area (Å²) in [4.78, 5) is 0.333. The van der Waals surface area contributed by atoms with Crippen molar-refractivity contribution in [2.75, 3.05) is 26.4 Å². The Hall–Kier alpha value is -8.91. The van der Waals surface area contributed by atoms with Gasteiger partial charge in [0, 0.05) is 32.7 Å². The van der Waals surface area contributed by atoms with Crippen LogP contribution < -0.4 is 18.9 Å². The molecule has 650 valence electrons. The summed E-state index contributed by atoms with van der Waals surface area (Å²) in [6.45, 7) is 56.7. The molecule has 0 aliphatic rings. The first-order chi connectivity index (χ1) is 56.1. The molecule has 0 saturated heterocycles. The number of ether oxygens (including phenoxy) is 4. The summed E-state index contributed by atoms with van der Waals surface area (Å²) < 4.78 is 53.6. The number of hydrogen-bond donors (Lipinski definition) is 0. The second kappa shape index (κ2) is 60.5. The van der Waals surface area contributed by atoms with Gasteiger partial charge < -0.3 is 18.9 Å². The Bertz CT molecular complexity index is 4540. The summed E-state index contributed by atoms with van der Waals surface area (Å²) in [6.07, 6.45) is 66.1. The van der Waals surface area contributed by atoms with Crippen molar-refractivity contribution in [3.05, 3.63) is 315 Å². The standard InChI is InChI=1S/C58H78O4S.C52H74O2.2CH4/c1-12-42-61-57-51(11)53(58(62-43-13-2)55-37-18-17-36-54(55)57)40-39-50(10)56(63(59,60)52-34-15-14-16-35-52)41-38-49(9)33-23-32-48(8)31-22-30-47(7)29-21-28-46(6)27-20-26-45(5)25-19-24-44(3)4;1-12-38-53-51-47(11)48(52(54-39-13-2)50-35-15-14-34-49(50)51)37-36-46(10)33-21-32-45(9)31-20-30-44(8)29-19-28-43(7)27-18-26-42(6)25-17-24-41(5)23-16-22-40(3)4;;/h12-18,24,26,28,30,32,34-39,56H,1-2,19-23,25,27,29,31,33,40-43H2,3-11H3;12-15,22,24,26,28,30,32,34-36H,1-2,16-21,23,25,27,29,31,33,37-39H2,3-11H3;2*1H4/b45-26+,46-28+,47-30+,48-32+,49-38+,50-39+;41-24+,42-26+,43-28+,44-30+,45-32+,46-36+;;. The van der Waals surface area contributed by atoms with E-state index < -0.39 is 15.1 Å². The number of rotatable bonds is 54. The van der Waals surface area contributed by atoms with Crippen LogP contribution in [0, 0.1) is 13.8 Å². The van der Waals surface area contributed by atoms with Crippen LogP contribution in [-0.4, -0.2) is 40.1 Å². The predicted octanol–water partition coefficient (Wildman–Crippen LogP) is 34.0. The highest BCUT2D eigenvalue weighted by atomic mass is 32.2. The Morgan fingerprint density at radius 1 is 0.303 bits per heavy atom. The lowest BCUT2D eigenvalue weighted by atomic mass is 9.95. The molecule has 6 nitrogen and oxygen atoms in total. The fourth-order valence-electron chi connectivity index (χ4n) is 14.4. The zero-order chi connectivity index (χ0) is 85.9. The smallest absolute Gasteiger partial charge is 0.185 e. The van der Waals surface area contributed by atoms with Gasteiger partial charge in [0.25, 0.3) is 0 Å². The first kappa shape index (κ1) is 106. The molecule has 0 spiro atoms. The van der Waals surface area contributed by atoms with Crippen LogP contribution in [0.15, 0.2) is 297 Å². The maximum absolute atomic E-state index is 14.3. The van der Waals surface area contributed by atoms with Gasteiger partial charge >= 0.3 is 0 Å². The molecule has 0 radical (unpaired) electrons. The van der Waals surface area contributed by atoms with Crippen LogP contribution in [0.25, 0.3) is 21.5 Å². The van der Waals surface area contributed by atoms with E-state index in [0.717, 1.165) is 202 Å². The summed E-state index contributed by atoms with van der Waals surface area (Å²) >= 11 is 0. The lowest BCUT2D eigenvalue weighted by Gasteiger charge is -2.21. The zero-order valence-corrected chi connectivity index (χ0v) is 77.0. The van der Waals surface area contributed by atoms with Crippen molar-refractivity contribution in [2.24, 2.45) is 0 Å². The minimum absolute atomic E-state index is 0. The lowest BCUT2D eigenvalue weighted by Crippen LogP contribution is -2.22. The van der Waals surface area contributed by atoms with Crippen molar-refractivity contribution in [2.45, 2.75) is 310 Å². The fourth-order valence-corrected chi connectivity index (χ4v) is 16.2. The van der Waals surface area contributed by atoms with Gasteiger partial charge in [0.05, 0.1) is 10.1 Å². The normalized spacial score (nSPS) is 13.4. The van der Waals surface area contributed by atoms with Crippen molar-refractivity contribution in [1.82, 2.24) is 0 Å². The zero-order valence-electron chi connectivity index (χ0n) is 76.2. The molecule has 1 unspecified atom stereocenters. The van der Waals surface area contributed by atoms with Gasteiger partial charge in [0.2, 0.25) is 0 Å². The van der Waals surface area contributed by atoms with E-state index in [2.05, 4.69) is 240 Å². The molecule has 5 aromatic rings. The van der Waals surface area contributed by atoms with Crippen molar-refractivity contribution < 1.29 is 27.4 Å². The molecule has 119 heavy (non-hydrogen) atoms. The molecule has 5 aromatic carbocycles. The first-order valence-corrected chi connectivity index (χ1v) is 45.2. The highest BCUT2D eigenvalue weighted by Gasteiger charge is 2.29. The Morgan fingerprint density at radius 2 is 0.529 bits per heavy atom.